The van der Waals surface area contributed by atoms with Crippen LogP contribution in [-0.2, 0) is 11.8 Å². The third kappa shape index (κ3) is 3.24. The van der Waals surface area contributed by atoms with Crippen LogP contribution in [0, 0.1) is 6.92 Å². The molecule has 0 heterocycles. The van der Waals surface area contributed by atoms with Gasteiger partial charge in [0.15, 0.2) is 0 Å². The molecule has 0 radical (unpaired) electrons. The van der Waals surface area contributed by atoms with Gasteiger partial charge in [0, 0.05) is 0 Å². The molecule has 0 bridgehead atoms. The van der Waals surface area contributed by atoms with Crippen molar-refractivity contribution in [2.75, 3.05) is 0 Å². The van der Waals surface area contributed by atoms with Crippen LogP contribution in [0.1, 0.15) is 63.6 Å². The van der Waals surface area contributed by atoms with Crippen LogP contribution in [0.5, 0.6) is 5.75 Å². The number of benzene rings is 1. The molecule has 1 rings (SSSR count). The second-order valence-electron chi connectivity index (χ2n) is 5.64. The molecule has 1 aromatic carbocycles. The summed E-state index contributed by atoms with van der Waals surface area (Å²) < 4.78 is 0. The van der Waals surface area contributed by atoms with E-state index in [-0.39, 0.29) is 5.41 Å². The van der Waals surface area contributed by atoms with Crippen molar-refractivity contribution in [2.24, 2.45) is 0 Å². The Morgan fingerprint density at radius 1 is 1.18 bits per heavy atom. The van der Waals surface area contributed by atoms with Crippen molar-refractivity contribution < 1.29 is 5.11 Å². The van der Waals surface area contributed by atoms with Gasteiger partial charge in [0.05, 0.1) is 0 Å². The number of rotatable bonds is 5. The zero-order valence-electron chi connectivity index (χ0n) is 11.9. The lowest BCUT2D eigenvalue weighted by atomic mass is 9.80. The molecule has 96 valence electrons. The number of phenols is 1. The van der Waals surface area contributed by atoms with E-state index in [2.05, 4.69) is 40.7 Å². The Morgan fingerprint density at radius 2 is 1.82 bits per heavy atom. The summed E-state index contributed by atoms with van der Waals surface area (Å²) in [5.41, 5.74) is 3.75. The first kappa shape index (κ1) is 14.1. The van der Waals surface area contributed by atoms with E-state index < -0.39 is 0 Å². The average molecular weight is 234 g/mol. The summed E-state index contributed by atoms with van der Waals surface area (Å²) in [5.74, 6) is 0.453. The van der Waals surface area contributed by atoms with Crippen LogP contribution in [0.15, 0.2) is 12.1 Å². The molecule has 0 unspecified atom stereocenters. The van der Waals surface area contributed by atoms with E-state index in [0.29, 0.717) is 5.75 Å². The van der Waals surface area contributed by atoms with E-state index in [1.807, 2.05) is 6.07 Å². The van der Waals surface area contributed by atoms with Crippen molar-refractivity contribution in [3.05, 3.63) is 28.8 Å². The zero-order valence-corrected chi connectivity index (χ0v) is 11.9. The molecule has 17 heavy (non-hydrogen) atoms. The van der Waals surface area contributed by atoms with Crippen molar-refractivity contribution in [3.8, 4) is 5.75 Å². The van der Waals surface area contributed by atoms with Gasteiger partial charge in [-0.05, 0) is 54.4 Å². The quantitative estimate of drug-likeness (QED) is 0.780. The van der Waals surface area contributed by atoms with Gasteiger partial charge in [0.25, 0.3) is 0 Å². The standard InChI is InChI=1S/C16H26O/c1-6-8-9-13-11-14(16(4,5)7-2)15(17)10-12(13)3/h10-11,17H,6-9H2,1-5H3. The number of unbranched alkanes of at least 4 members (excludes halogenated alkanes) is 1. The number of aromatic hydroxyl groups is 1. The summed E-state index contributed by atoms with van der Waals surface area (Å²) in [6.07, 6.45) is 4.59. The van der Waals surface area contributed by atoms with E-state index >= 15 is 0 Å². The van der Waals surface area contributed by atoms with Crippen molar-refractivity contribution in [1.29, 1.82) is 0 Å². The second-order valence-corrected chi connectivity index (χ2v) is 5.64. The number of hydrogen-bond acceptors (Lipinski definition) is 1. The van der Waals surface area contributed by atoms with Gasteiger partial charge in [-0.25, -0.2) is 0 Å². The van der Waals surface area contributed by atoms with Gasteiger partial charge in [-0.15, -0.1) is 0 Å². The van der Waals surface area contributed by atoms with Gasteiger partial charge < -0.3 is 5.11 Å². The lowest BCUT2D eigenvalue weighted by Gasteiger charge is -2.25. The third-order valence-electron chi connectivity index (χ3n) is 3.87. The summed E-state index contributed by atoms with van der Waals surface area (Å²) in [6, 6.07) is 4.14. The van der Waals surface area contributed by atoms with Crippen LogP contribution in [0.3, 0.4) is 0 Å². The molecule has 0 saturated heterocycles. The molecule has 1 aromatic rings. The van der Waals surface area contributed by atoms with E-state index in [9.17, 15) is 5.11 Å². The fraction of sp³-hybridized carbons (Fsp3) is 0.625. The minimum Gasteiger partial charge on any atom is -0.508 e. The molecule has 0 aliphatic carbocycles. The SMILES string of the molecule is CCCCc1cc(C(C)(C)CC)c(O)cc1C. The summed E-state index contributed by atoms with van der Waals surface area (Å²) in [7, 11) is 0. The molecule has 1 nitrogen and oxygen atoms in total. The molecule has 0 amide bonds. The molecular formula is C16H26O. The van der Waals surface area contributed by atoms with Gasteiger partial charge in [-0.2, -0.15) is 0 Å². The van der Waals surface area contributed by atoms with E-state index in [0.717, 1.165) is 18.4 Å². The van der Waals surface area contributed by atoms with Gasteiger partial charge in [-0.1, -0.05) is 40.2 Å². The average Bonchev–Trinajstić information content (AvgIpc) is 2.27. The van der Waals surface area contributed by atoms with Crippen LogP contribution in [-0.4, -0.2) is 5.11 Å². The monoisotopic (exact) mass is 234 g/mol. The van der Waals surface area contributed by atoms with Gasteiger partial charge in [-0.3, -0.25) is 0 Å². The van der Waals surface area contributed by atoms with E-state index in [4.69, 9.17) is 0 Å². The van der Waals surface area contributed by atoms with Crippen molar-refractivity contribution in [3.63, 3.8) is 0 Å². The number of hydrogen-bond donors (Lipinski definition) is 1. The molecule has 0 spiro atoms. The molecule has 1 N–H and O–H groups in total. The Bertz CT molecular complexity index is 377. The fourth-order valence-corrected chi connectivity index (χ4v) is 2.11. The van der Waals surface area contributed by atoms with Crippen LogP contribution in [0.2, 0.25) is 0 Å². The summed E-state index contributed by atoms with van der Waals surface area (Å²) >= 11 is 0. The molecule has 0 aromatic heterocycles. The highest BCUT2D eigenvalue weighted by molar-refractivity contribution is 5.45. The number of aryl methyl sites for hydroxylation is 2. The molecule has 1 heteroatoms. The maximum absolute atomic E-state index is 10.1. The molecule has 0 aliphatic heterocycles. The number of phenolic OH excluding ortho intramolecular Hbond substituents is 1. The summed E-state index contributed by atoms with van der Waals surface area (Å²) in [5, 5.41) is 10.1. The minimum atomic E-state index is 0.0543. The van der Waals surface area contributed by atoms with Crippen LogP contribution >= 0.6 is 0 Å². The predicted octanol–water partition coefficient (Wildman–Crippen LogP) is 4.73. The van der Waals surface area contributed by atoms with Gasteiger partial charge in [0.1, 0.15) is 5.75 Å². The molecule has 0 atom stereocenters. The van der Waals surface area contributed by atoms with Gasteiger partial charge >= 0.3 is 0 Å². The molecule has 0 aliphatic rings. The van der Waals surface area contributed by atoms with Crippen LogP contribution in [0.4, 0.5) is 0 Å². The van der Waals surface area contributed by atoms with Crippen LogP contribution in [0.25, 0.3) is 0 Å². The first-order valence-electron chi connectivity index (χ1n) is 6.75. The first-order chi connectivity index (χ1) is 7.92. The summed E-state index contributed by atoms with van der Waals surface area (Å²) in [6.45, 7) is 10.9. The van der Waals surface area contributed by atoms with Crippen LogP contribution < -0.4 is 0 Å². The minimum absolute atomic E-state index is 0.0543. The van der Waals surface area contributed by atoms with Gasteiger partial charge in [0.2, 0.25) is 0 Å². The normalized spacial score (nSPS) is 11.8. The van der Waals surface area contributed by atoms with Crippen molar-refractivity contribution in [2.45, 2.75) is 65.7 Å². The van der Waals surface area contributed by atoms with E-state index in [1.165, 1.54) is 24.0 Å². The smallest absolute Gasteiger partial charge is 0.119 e. The first-order valence-corrected chi connectivity index (χ1v) is 6.75. The Kier molecular flexibility index (Phi) is 4.62. The maximum Gasteiger partial charge on any atom is 0.119 e. The largest absolute Gasteiger partial charge is 0.508 e. The highest BCUT2D eigenvalue weighted by atomic mass is 16.3. The lowest BCUT2D eigenvalue weighted by Crippen LogP contribution is -2.16. The lowest BCUT2D eigenvalue weighted by molar-refractivity contribution is 0.427. The molecular weight excluding hydrogens is 208 g/mol. The highest BCUT2D eigenvalue weighted by Gasteiger charge is 2.22. The van der Waals surface area contributed by atoms with Crippen molar-refractivity contribution >= 4 is 0 Å². The second kappa shape index (κ2) is 5.57. The Labute approximate surface area is 106 Å². The van der Waals surface area contributed by atoms with E-state index in [1.54, 1.807) is 0 Å². The van der Waals surface area contributed by atoms with Crippen molar-refractivity contribution in [1.82, 2.24) is 0 Å². The Morgan fingerprint density at radius 3 is 2.35 bits per heavy atom. The highest BCUT2D eigenvalue weighted by Crippen LogP contribution is 2.35. The zero-order chi connectivity index (χ0) is 13.1. The fourth-order valence-electron chi connectivity index (χ4n) is 2.11. The topological polar surface area (TPSA) is 20.2 Å². The third-order valence-corrected chi connectivity index (χ3v) is 3.87. The Hall–Kier alpha value is -0.980. The Balaban J connectivity index is 3.14. The molecule has 0 saturated carbocycles. The maximum atomic E-state index is 10.1. The molecule has 0 fully saturated rings. The summed E-state index contributed by atoms with van der Waals surface area (Å²) in [4.78, 5) is 0. The predicted molar refractivity (Wildman–Crippen MR) is 74.8 cm³/mol.